The summed E-state index contributed by atoms with van der Waals surface area (Å²) in [6, 6.07) is 12.4. The molecule has 2 N–H and O–H groups in total. The van der Waals surface area contributed by atoms with Crippen LogP contribution >= 0.6 is 0 Å². The number of pyridine rings is 1. The molecular formula is C18H24N2O. The molecule has 0 saturated carbocycles. The van der Waals surface area contributed by atoms with Crippen molar-refractivity contribution in [3.63, 3.8) is 0 Å². The molecule has 112 valence electrons. The molecule has 0 radical (unpaired) electrons. The van der Waals surface area contributed by atoms with Crippen LogP contribution < -0.4 is 10.5 Å². The van der Waals surface area contributed by atoms with Crippen LogP contribution in [0.4, 0.5) is 0 Å². The minimum atomic E-state index is -0.0740. The molecule has 21 heavy (non-hydrogen) atoms. The van der Waals surface area contributed by atoms with Crippen molar-refractivity contribution in [1.29, 1.82) is 0 Å². The van der Waals surface area contributed by atoms with Gasteiger partial charge in [0.25, 0.3) is 0 Å². The van der Waals surface area contributed by atoms with E-state index in [0.29, 0.717) is 6.61 Å². The highest BCUT2D eigenvalue weighted by atomic mass is 16.5. The molecule has 1 heterocycles. The SMILES string of the molecule is CCCOc1cncc(C(N)C(CC)c2ccccc2)c1. The second-order valence-electron chi connectivity index (χ2n) is 5.25. The Kier molecular flexibility index (Phi) is 5.76. The van der Waals surface area contributed by atoms with Crippen LogP contribution in [0.2, 0.25) is 0 Å². The average molecular weight is 284 g/mol. The Labute approximate surface area is 127 Å². The largest absolute Gasteiger partial charge is 0.492 e. The van der Waals surface area contributed by atoms with E-state index in [1.54, 1.807) is 6.20 Å². The molecule has 2 rings (SSSR count). The zero-order valence-electron chi connectivity index (χ0n) is 12.8. The normalized spacial score (nSPS) is 13.7. The Balaban J connectivity index is 2.19. The second-order valence-corrected chi connectivity index (χ2v) is 5.25. The fraction of sp³-hybridized carbons (Fsp3) is 0.389. The fourth-order valence-electron chi connectivity index (χ4n) is 2.55. The number of rotatable bonds is 7. The highest BCUT2D eigenvalue weighted by Crippen LogP contribution is 2.32. The van der Waals surface area contributed by atoms with Crippen molar-refractivity contribution in [2.45, 2.75) is 38.6 Å². The van der Waals surface area contributed by atoms with Crippen LogP contribution in [0.25, 0.3) is 0 Å². The van der Waals surface area contributed by atoms with Gasteiger partial charge < -0.3 is 10.5 Å². The zero-order chi connectivity index (χ0) is 15.1. The van der Waals surface area contributed by atoms with E-state index < -0.39 is 0 Å². The van der Waals surface area contributed by atoms with E-state index in [0.717, 1.165) is 24.2 Å². The van der Waals surface area contributed by atoms with Gasteiger partial charge in [-0.1, -0.05) is 44.2 Å². The van der Waals surface area contributed by atoms with Crippen LogP contribution in [-0.2, 0) is 0 Å². The lowest BCUT2D eigenvalue weighted by molar-refractivity contribution is 0.315. The van der Waals surface area contributed by atoms with Gasteiger partial charge in [-0.15, -0.1) is 0 Å². The van der Waals surface area contributed by atoms with Gasteiger partial charge in [0, 0.05) is 18.2 Å². The highest BCUT2D eigenvalue weighted by molar-refractivity contribution is 5.30. The van der Waals surface area contributed by atoms with Crippen molar-refractivity contribution in [2.24, 2.45) is 5.73 Å². The van der Waals surface area contributed by atoms with Crippen LogP contribution in [0.1, 0.15) is 49.8 Å². The van der Waals surface area contributed by atoms with Gasteiger partial charge in [0.15, 0.2) is 0 Å². The molecule has 0 spiro atoms. The molecule has 0 amide bonds. The minimum absolute atomic E-state index is 0.0740. The molecule has 1 aromatic carbocycles. The molecule has 0 fully saturated rings. The summed E-state index contributed by atoms with van der Waals surface area (Å²) in [5.41, 5.74) is 8.78. The summed E-state index contributed by atoms with van der Waals surface area (Å²) in [6.07, 6.45) is 5.56. The van der Waals surface area contributed by atoms with Crippen LogP contribution in [-0.4, -0.2) is 11.6 Å². The maximum absolute atomic E-state index is 6.48. The summed E-state index contributed by atoms with van der Waals surface area (Å²) >= 11 is 0. The van der Waals surface area contributed by atoms with E-state index in [1.807, 2.05) is 18.3 Å². The zero-order valence-corrected chi connectivity index (χ0v) is 12.8. The Bertz CT molecular complexity index is 542. The summed E-state index contributed by atoms with van der Waals surface area (Å²) < 4.78 is 5.65. The summed E-state index contributed by atoms with van der Waals surface area (Å²) in [5.74, 6) is 1.09. The maximum atomic E-state index is 6.48. The van der Waals surface area contributed by atoms with Crippen LogP contribution in [0.3, 0.4) is 0 Å². The monoisotopic (exact) mass is 284 g/mol. The summed E-state index contributed by atoms with van der Waals surface area (Å²) in [6.45, 7) is 4.96. The molecule has 2 atom stereocenters. The third-order valence-electron chi connectivity index (χ3n) is 3.69. The Morgan fingerprint density at radius 1 is 1.10 bits per heavy atom. The number of hydrogen-bond acceptors (Lipinski definition) is 3. The van der Waals surface area contributed by atoms with E-state index in [1.165, 1.54) is 5.56 Å². The predicted molar refractivity (Wildman–Crippen MR) is 86.4 cm³/mol. The Morgan fingerprint density at radius 2 is 1.86 bits per heavy atom. The summed E-state index contributed by atoms with van der Waals surface area (Å²) in [4.78, 5) is 4.26. The minimum Gasteiger partial charge on any atom is -0.492 e. The molecule has 1 aromatic heterocycles. The molecule has 0 saturated heterocycles. The second kappa shape index (κ2) is 7.79. The predicted octanol–water partition coefficient (Wildman–Crippen LogP) is 4.06. The van der Waals surface area contributed by atoms with E-state index in [2.05, 4.69) is 43.1 Å². The number of benzene rings is 1. The van der Waals surface area contributed by atoms with Gasteiger partial charge in [0.2, 0.25) is 0 Å². The van der Waals surface area contributed by atoms with Crippen molar-refractivity contribution in [1.82, 2.24) is 4.98 Å². The first-order valence-electron chi connectivity index (χ1n) is 7.64. The molecule has 3 heteroatoms. The first-order chi connectivity index (χ1) is 10.3. The summed E-state index contributed by atoms with van der Waals surface area (Å²) in [7, 11) is 0. The number of nitrogens with zero attached hydrogens (tertiary/aromatic N) is 1. The third-order valence-corrected chi connectivity index (χ3v) is 3.69. The van der Waals surface area contributed by atoms with Crippen molar-refractivity contribution in [3.05, 3.63) is 59.9 Å². The van der Waals surface area contributed by atoms with Gasteiger partial charge in [0.1, 0.15) is 5.75 Å². The van der Waals surface area contributed by atoms with Gasteiger partial charge in [-0.2, -0.15) is 0 Å². The van der Waals surface area contributed by atoms with Gasteiger partial charge in [-0.25, -0.2) is 0 Å². The lowest BCUT2D eigenvalue weighted by Gasteiger charge is -2.23. The van der Waals surface area contributed by atoms with E-state index in [9.17, 15) is 0 Å². The van der Waals surface area contributed by atoms with E-state index >= 15 is 0 Å². The van der Waals surface area contributed by atoms with Crippen molar-refractivity contribution in [2.75, 3.05) is 6.61 Å². The molecule has 0 bridgehead atoms. The number of nitrogens with two attached hydrogens (primary N) is 1. The molecule has 2 unspecified atom stereocenters. The van der Waals surface area contributed by atoms with Crippen molar-refractivity contribution >= 4 is 0 Å². The van der Waals surface area contributed by atoms with Crippen LogP contribution in [0, 0.1) is 0 Å². The lowest BCUT2D eigenvalue weighted by Crippen LogP contribution is -2.19. The lowest BCUT2D eigenvalue weighted by atomic mass is 9.86. The van der Waals surface area contributed by atoms with Gasteiger partial charge in [-0.05, 0) is 30.0 Å². The number of aromatic nitrogens is 1. The number of ether oxygens (including phenoxy) is 1. The first kappa shape index (κ1) is 15.5. The molecule has 0 aliphatic carbocycles. The van der Waals surface area contributed by atoms with Gasteiger partial charge in [-0.3, -0.25) is 4.98 Å². The fourth-order valence-corrected chi connectivity index (χ4v) is 2.55. The highest BCUT2D eigenvalue weighted by Gasteiger charge is 2.20. The topological polar surface area (TPSA) is 48.1 Å². The molecule has 3 nitrogen and oxygen atoms in total. The van der Waals surface area contributed by atoms with E-state index in [-0.39, 0.29) is 12.0 Å². The standard InChI is InChI=1S/C18H24N2O/c1-3-10-21-16-11-15(12-20-13-16)18(19)17(4-2)14-8-6-5-7-9-14/h5-9,11-13,17-18H,3-4,10,19H2,1-2H3. The molecule has 2 aromatic rings. The maximum Gasteiger partial charge on any atom is 0.137 e. The average Bonchev–Trinajstić information content (AvgIpc) is 2.55. The molecule has 0 aliphatic heterocycles. The van der Waals surface area contributed by atoms with E-state index in [4.69, 9.17) is 10.5 Å². The quantitative estimate of drug-likeness (QED) is 0.834. The van der Waals surface area contributed by atoms with Crippen LogP contribution in [0.5, 0.6) is 5.75 Å². The number of hydrogen-bond donors (Lipinski definition) is 1. The third kappa shape index (κ3) is 4.05. The first-order valence-corrected chi connectivity index (χ1v) is 7.64. The Morgan fingerprint density at radius 3 is 2.52 bits per heavy atom. The molecular weight excluding hydrogens is 260 g/mol. The molecule has 0 aliphatic rings. The van der Waals surface area contributed by atoms with Crippen molar-refractivity contribution < 1.29 is 4.74 Å². The van der Waals surface area contributed by atoms with Crippen molar-refractivity contribution in [3.8, 4) is 5.75 Å². The van der Waals surface area contributed by atoms with Gasteiger partial charge >= 0.3 is 0 Å². The Hall–Kier alpha value is -1.87. The van der Waals surface area contributed by atoms with Gasteiger partial charge in [0.05, 0.1) is 12.8 Å². The smallest absolute Gasteiger partial charge is 0.137 e. The van der Waals surface area contributed by atoms with Crippen LogP contribution in [0.15, 0.2) is 48.8 Å². The summed E-state index contributed by atoms with van der Waals surface area (Å²) in [5, 5.41) is 0.